The van der Waals surface area contributed by atoms with Crippen LogP contribution in [0, 0.1) is 5.92 Å². The minimum absolute atomic E-state index is 0.119. The first-order valence-electron chi connectivity index (χ1n) is 16.1. The highest BCUT2D eigenvalue weighted by Gasteiger charge is 2.43. The van der Waals surface area contributed by atoms with Crippen LogP contribution in [0.15, 0.2) is 41.4 Å². The second-order valence-corrected chi connectivity index (χ2v) is 12.2. The molecule has 0 radical (unpaired) electrons. The number of likely N-dealkylation sites (tertiary alicyclic amines) is 1. The van der Waals surface area contributed by atoms with Crippen LogP contribution in [0.1, 0.15) is 74.8 Å². The predicted molar refractivity (Wildman–Crippen MR) is 175 cm³/mol. The smallest absolute Gasteiger partial charge is 0.305 e. The van der Waals surface area contributed by atoms with Gasteiger partial charge in [0.15, 0.2) is 6.29 Å². The number of hydrogen-bond donors (Lipinski definition) is 7. The van der Waals surface area contributed by atoms with E-state index < -0.39 is 78.4 Å². The molecule has 0 spiro atoms. The Morgan fingerprint density at radius 3 is 2.29 bits per heavy atom. The number of carbonyl (C=O) groups is 7. The number of hydrogen-bond acceptors (Lipinski definition) is 10. The van der Waals surface area contributed by atoms with E-state index in [1.54, 1.807) is 37.4 Å². The maximum atomic E-state index is 14.1. The fourth-order valence-corrected chi connectivity index (χ4v) is 5.63. The molecule has 2 aliphatic rings. The van der Waals surface area contributed by atoms with Crippen molar-refractivity contribution in [3.63, 3.8) is 0 Å². The highest BCUT2D eigenvalue weighted by atomic mass is 16.5. The summed E-state index contributed by atoms with van der Waals surface area (Å²) in [7, 11) is 0. The summed E-state index contributed by atoms with van der Waals surface area (Å²) in [5.41, 5.74) is 1.18. The first-order chi connectivity index (χ1) is 23.2. The normalized spacial score (nSPS) is 20.6. The van der Waals surface area contributed by atoms with Crippen LogP contribution in [0.3, 0.4) is 0 Å². The maximum Gasteiger partial charge on any atom is 0.305 e. The van der Waals surface area contributed by atoms with Crippen LogP contribution in [-0.2, 0) is 28.8 Å². The molecule has 1 aromatic rings. The molecule has 7 N–H and O–H groups in total. The lowest BCUT2D eigenvalue weighted by atomic mass is 9.97. The largest absolute Gasteiger partial charge is 0.481 e. The van der Waals surface area contributed by atoms with Gasteiger partial charge in [-0.05, 0) is 42.5 Å². The quantitative estimate of drug-likeness (QED) is 0.0808. The summed E-state index contributed by atoms with van der Waals surface area (Å²) in [4.78, 5) is 94.1. The molecule has 1 saturated heterocycles. The Kier molecular flexibility index (Phi) is 14.1. The van der Waals surface area contributed by atoms with Gasteiger partial charge in [-0.2, -0.15) is 0 Å². The van der Waals surface area contributed by atoms with Gasteiger partial charge in [0.2, 0.25) is 23.6 Å². The number of benzene rings is 1. The number of aldehydes is 1. The molecule has 266 valence electrons. The Balaban J connectivity index is 1.87. The number of amides is 5. The molecule has 2 aliphatic heterocycles. The molecule has 1 unspecified atom stereocenters. The van der Waals surface area contributed by atoms with E-state index in [4.69, 9.17) is 5.11 Å². The van der Waals surface area contributed by atoms with Crippen molar-refractivity contribution in [2.45, 2.75) is 95.4 Å². The van der Waals surface area contributed by atoms with Crippen molar-refractivity contribution in [3.8, 4) is 0 Å². The van der Waals surface area contributed by atoms with Crippen molar-refractivity contribution in [3.05, 3.63) is 47.5 Å². The van der Waals surface area contributed by atoms with E-state index in [1.807, 2.05) is 19.1 Å². The van der Waals surface area contributed by atoms with Crippen LogP contribution in [0.4, 0.5) is 0 Å². The first kappa shape index (κ1) is 38.5. The number of allylic oxidation sites excluding steroid dienone is 1. The van der Waals surface area contributed by atoms with Crippen molar-refractivity contribution in [1.29, 1.82) is 0 Å². The number of aliphatic imine (C=N–C) groups is 1. The molecule has 3 rings (SSSR count). The number of nitrogens with one attached hydrogen (secondary N) is 4. The van der Waals surface area contributed by atoms with Crippen LogP contribution >= 0.6 is 0 Å². The fraction of sp³-hybridized carbons (Fsp3) is 0.515. The summed E-state index contributed by atoms with van der Waals surface area (Å²) in [5, 5.41) is 38.6. The van der Waals surface area contributed by atoms with Crippen molar-refractivity contribution in [2.24, 2.45) is 10.9 Å². The van der Waals surface area contributed by atoms with Gasteiger partial charge < -0.3 is 46.3 Å². The lowest BCUT2D eigenvalue weighted by molar-refractivity contribution is -0.143. The number of carboxylic acids is 1. The molecule has 0 aliphatic carbocycles. The molecule has 16 nitrogen and oxygen atoms in total. The second-order valence-electron chi connectivity index (χ2n) is 12.2. The van der Waals surface area contributed by atoms with Crippen LogP contribution in [0.2, 0.25) is 0 Å². The molecule has 16 heteroatoms. The van der Waals surface area contributed by atoms with Crippen molar-refractivity contribution < 1.29 is 48.9 Å². The molecule has 2 heterocycles. The van der Waals surface area contributed by atoms with Crippen molar-refractivity contribution in [2.75, 3.05) is 6.54 Å². The molecule has 0 saturated carbocycles. The monoisotopic (exact) mass is 684 g/mol. The summed E-state index contributed by atoms with van der Waals surface area (Å²) in [6, 6.07) is 0.695. The number of nitrogens with zero attached hydrogens (tertiary/aromatic N) is 2. The standard InChI is InChI=1S/C33H44N6O10/c1-4-18(2)29(35-19(3)41)32(48)38-25(11-12-27(42)43)33(49)39-16-22(14-26(39)31(47)37-23(17-40)15-28(44)45)36-30(46)21-9-7-20(8-10-21)24-6-5-13-34-24/h5-10,13,17-18,22-27,29,42-43H,4,11-12,14-16H2,1-3H3,(H,35,41)(H,36,46)(H,37,47)(H,38,48)(H,44,45)/t18-,22+,23-,24?,25-,26-,29-/m0/s1. The molecule has 5 amide bonds. The van der Waals surface area contributed by atoms with E-state index >= 15 is 0 Å². The summed E-state index contributed by atoms with van der Waals surface area (Å²) < 4.78 is 0. The van der Waals surface area contributed by atoms with Gasteiger partial charge in [0.1, 0.15) is 24.4 Å². The van der Waals surface area contributed by atoms with Crippen LogP contribution < -0.4 is 21.3 Å². The SMILES string of the molecule is CC[C@H](C)[C@H](NC(C)=O)C(=O)N[C@@H](CCC(O)O)C(=O)N1C[C@H](NC(=O)c2ccc(C3C=CC=N3)cc2)C[C@H]1C(=O)N[C@H](C=O)CC(=O)O. The van der Waals surface area contributed by atoms with Gasteiger partial charge in [-0.3, -0.25) is 33.8 Å². The number of aliphatic hydroxyl groups is 2. The van der Waals surface area contributed by atoms with Gasteiger partial charge in [0.25, 0.3) is 5.91 Å². The van der Waals surface area contributed by atoms with E-state index in [0.29, 0.717) is 12.0 Å². The number of aliphatic carboxylic acids is 1. The fourth-order valence-electron chi connectivity index (χ4n) is 5.63. The van der Waals surface area contributed by atoms with E-state index in [9.17, 15) is 43.8 Å². The van der Waals surface area contributed by atoms with Crippen LogP contribution in [0.25, 0.3) is 0 Å². The van der Waals surface area contributed by atoms with Gasteiger partial charge in [-0.15, -0.1) is 0 Å². The molecule has 1 fully saturated rings. The van der Waals surface area contributed by atoms with Gasteiger partial charge >= 0.3 is 5.97 Å². The Hall–Kier alpha value is -4.96. The van der Waals surface area contributed by atoms with Crippen molar-refractivity contribution in [1.82, 2.24) is 26.2 Å². The molecule has 1 aromatic carbocycles. The number of carboxylic acid groups (broad SMARTS) is 1. The molecular weight excluding hydrogens is 640 g/mol. The summed E-state index contributed by atoms with van der Waals surface area (Å²) in [6.45, 7) is 4.58. The number of rotatable bonds is 17. The lowest BCUT2D eigenvalue weighted by Crippen LogP contribution is -2.58. The average molecular weight is 685 g/mol. The molecule has 0 aromatic heterocycles. The Morgan fingerprint density at radius 1 is 1.04 bits per heavy atom. The summed E-state index contributed by atoms with van der Waals surface area (Å²) in [6.07, 6.45) is 2.91. The van der Waals surface area contributed by atoms with Gasteiger partial charge in [-0.25, -0.2) is 0 Å². The zero-order chi connectivity index (χ0) is 36.2. The van der Waals surface area contributed by atoms with E-state index in [1.165, 1.54) is 6.92 Å². The predicted octanol–water partition coefficient (Wildman–Crippen LogP) is -0.647. The van der Waals surface area contributed by atoms with E-state index in [0.717, 1.165) is 10.5 Å². The second kappa shape index (κ2) is 18.0. The first-order valence-corrected chi connectivity index (χ1v) is 16.1. The molecular formula is C33H44N6O10. The minimum atomic E-state index is -1.83. The topological polar surface area (TPSA) is 244 Å². The van der Waals surface area contributed by atoms with Crippen LogP contribution in [0.5, 0.6) is 0 Å². The zero-order valence-electron chi connectivity index (χ0n) is 27.6. The number of carbonyl (C=O) groups excluding carboxylic acids is 6. The summed E-state index contributed by atoms with van der Waals surface area (Å²) in [5.74, 6) is -5.01. The van der Waals surface area contributed by atoms with Gasteiger partial charge in [0.05, 0.1) is 18.5 Å². The van der Waals surface area contributed by atoms with E-state index in [2.05, 4.69) is 26.3 Å². The highest BCUT2D eigenvalue weighted by Crippen LogP contribution is 2.24. The highest BCUT2D eigenvalue weighted by molar-refractivity contribution is 5.97. The molecule has 7 atom stereocenters. The van der Waals surface area contributed by atoms with E-state index in [-0.39, 0.29) is 44.1 Å². The number of aliphatic hydroxyl groups excluding tert-OH is 1. The Bertz CT molecular complexity index is 1430. The third kappa shape index (κ3) is 11.0. The van der Waals surface area contributed by atoms with Gasteiger partial charge in [-0.1, -0.05) is 38.5 Å². The maximum absolute atomic E-state index is 14.1. The molecule has 49 heavy (non-hydrogen) atoms. The Morgan fingerprint density at radius 2 is 1.73 bits per heavy atom. The Labute approximate surface area is 283 Å². The van der Waals surface area contributed by atoms with Crippen LogP contribution in [-0.4, -0.2) is 111 Å². The third-order valence-electron chi connectivity index (χ3n) is 8.43. The molecule has 0 bridgehead atoms. The zero-order valence-corrected chi connectivity index (χ0v) is 27.6. The minimum Gasteiger partial charge on any atom is -0.481 e. The third-order valence-corrected chi connectivity index (χ3v) is 8.43. The lowest BCUT2D eigenvalue weighted by Gasteiger charge is -2.31. The average Bonchev–Trinajstić information content (AvgIpc) is 3.75. The van der Waals surface area contributed by atoms with Crippen molar-refractivity contribution >= 4 is 48.0 Å². The summed E-state index contributed by atoms with van der Waals surface area (Å²) >= 11 is 0. The van der Waals surface area contributed by atoms with Gasteiger partial charge in [0, 0.05) is 37.7 Å².